The highest BCUT2D eigenvalue weighted by atomic mass is 31.2. The van der Waals surface area contributed by atoms with Gasteiger partial charge < -0.3 is 59.7 Å². The molecule has 0 aliphatic carbocycles. The number of aliphatic hydroxyl groups is 7. The second kappa shape index (κ2) is 9.02. The van der Waals surface area contributed by atoms with Crippen molar-refractivity contribution < 1.29 is 68.8 Å². The molecular formula is C12H23O14P. The summed E-state index contributed by atoms with van der Waals surface area (Å²) in [4.78, 5) is 17.7. The van der Waals surface area contributed by atoms with E-state index >= 15 is 0 Å². The predicted octanol–water partition coefficient (Wildman–Crippen LogP) is -5.28. The van der Waals surface area contributed by atoms with E-state index in [2.05, 4.69) is 4.52 Å². The fourth-order valence-corrected chi connectivity index (χ4v) is 3.42. The van der Waals surface area contributed by atoms with E-state index < -0.39 is 82.4 Å². The Balaban J connectivity index is 2.15. The molecule has 2 aliphatic heterocycles. The van der Waals surface area contributed by atoms with Crippen molar-refractivity contribution in [3.63, 3.8) is 0 Å². The van der Waals surface area contributed by atoms with E-state index in [9.17, 15) is 40.3 Å². The van der Waals surface area contributed by atoms with E-state index in [0.29, 0.717) is 0 Å². The molecule has 14 nitrogen and oxygen atoms in total. The van der Waals surface area contributed by atoms with E-state index in [1.165, 1.54) is 0 Å². The molecule has 0 bridgehead atoms. The zero-order chi connectivity index (χ0) is 20.5. The standard InChI is InChI=1S/C12H23O14P/c13-1-3-9(5(15)7(17)11(19)23-3)25-12-8(18)6(16)10(4(2-14)24-12)26-27(20,21)22/h3-19H,1-2H2,(H2,20,21,22)/t3-,4-,5-,6-,7-,8-,9-,10+,11?,12+/m1/s1. The number of phosphoric ester groups is 1. The van der Waals surface area contributed by atoms with Gasteiger partial charge in [0.1, 0.15) is 48.8 Å². The average molecular weight is 422 g/mol. The lowest BCUT2D eigenvalue weighted by atomic mass is 9.97. The topological polar surface area (TPSA) is 236 Å². The highest BCUT2D eigenvalue weighted by Crippen LogP contribution is 2.41. The molecule has 0 aromatic heterocycles. The van der Waals surface area contributed by atoms with Crippen LogP contribution in [0.15, 0.2) is 0 Å². The van der Waals surface area contributed by atoms with Crippen molar-refractivity contribution >= 4 is 7.82 Å². The first-order valence-corrected chi connectivity index (χ1v) is 9.35. The second-order valence-electron chi connectivity index (χ2n) is 6.10. The molecule has 0 amide bonds. The Morgan fingerprint density at radius 3 is 1.81 bits per heavy atom. The van der Waals surface area contributed by atoms with Crippen LogP contribution in [0.25, 0.3) is 0 Å². The van der Waals surface area contributed by atoms with Crippen LogP contribution in [0.1, 0.15) is 0 Å². The van der Waals surface area contributed by atoms with Crippen molar-refractivity contribution in [2.24, 2.45) is 0 Å². The van der Waals surface area contributed by atoms with Crippen LogP contribution in [0.5, 0.6) is 0 Å². The lowest BCUT2D eigenvalue weighted by Gasteiger charge is -2.45. The molecule has 10 atom stereocenters. The van der Waals surface area contributed by atoms with Gasteiger partial charge in [-0.25, -0.2) is 4.57 Å². The summed E-state index contributed by atoms with van der Waals surface area (Å²) < 4.78 is 30.6. The first-order valence-electron chi connectivity index (χ1n) is 7.82. The Labute approximate surface area is 152 Å². The molecule has 27 heavy (non-hydrogen) atoms. The Hall–Kier alpha value is -0.290. The average Bonchev–Trinajstić information content (AvgIpc) is 2.60. The Morgan fingerprint density at radius 1 is 0.778 bits per heavy atom. The molecule has 0 spiro atoms. The molecule has 0 saturated carbocycles. The van der Waals surface area contributed by atoms with E-state index in [1.807, 2.05) is 0 Å². The zero-order valence-corrected chi connectivity index (χ0v) is 14.6. The number of ether oxygens (including phenoxy) is 3. The SMILES string of the molecule is O=P(O)(O)O[C@@H]1[C@H](O)[C@@H](O)[C@H](O[C@H]2[C@H](O)[C@@H](O)C(O)O[C@@H]2CO)O[C@@H]1CO. The van der Waals surface area contributed by atoms with Crippen molar-refractivity contribution in [2.45, 2.75) is 61.4 Å². The summed E-state index contributed by atoms with van der Waals surface area (Å²) in [5.74, 6) is 0. The molecule has 0 radical (unpaired) electrons. The summed E-state index contributed by atoms with van der Waals surface area (Å²) in [6, 6.07) is 0. The summed E-state index contributed by atoms with van der Waals surface area (Å²) in [5, 5.41) is 67.9. The summed E-state index contributed by atoms with van der Waals surface area (Å²) in [6.07, 6.45) is -17.3. The fraction of sp³-hybridized carbons (Fsp3) is 1.00. The number of aliphatic hydroxyl groups excluding tert-OH is 7. The second-order valence-corrected chi connectivity index (χ2v) is 7.29. The van der Waals surface area contributed by atoms with Gasteiger partial charge in [-0.05, 0) is 0 Å². The summed E-state index contributed by atoms with van der Waals surface area (Å²) in [6.45, 7) is -1.65. The first kappa shape index (κ1) is 23.0. The third-order valence-electron chi connectivity index (χ3n) is 4.21. The summed E-state index contributed by atoms with van der Waals surface area (Å²) >= 11 is 0. The maximum absolute atomic E-state index is 11.0. The van der Waals surface area contributed by atoms with Crippen LogP contribution in [0, 0.1) is 0 Å². The van der Waals surface area contributed by atoms with Crippen molar-refractivity contribution in [3.05, 3.63) is 0 Å². The van der Waals surface area contributed by atoms with Gasteiger partial charge >= 0.3 is 7.82 Å². The fourth-order valence-electron chi connectivity index (χ4n) is 2.84. The zero-order valence-electron chi connectivity index (χ0n) is 13.7. The van der Waals surface area contributed by atoms with Gasteiger partial charge in [-0.2, -0.15) is 0 Å². The van der Waals surface area contributed by atoms with Gasteiger partial charge in [-0.3, -0.25) is 4.52 Å². The quantitative estimate of drug-likeness (QED) is 0.182. The number of hydrogen-bond acceptors (Lipinski definition) is 12. The van der Waals surface area contributed by atoms with E-state index in [4.69, 9.17) is 24.0 Å². The molecule has 1 unspecified atom stereocenters. The Bertz CT molecular complexity index is 524. The van der Waals surface area contributed by atoms with Crippen LogP contribution >= 0.6 is 7.82 Å². The lowest BCUT2D eigenvalue weighted by molar-refractivity contribution is -0.354. The molecule has 0 aromatic rings. The van der Waals surface area contributed by atoms with Crippen molar-refractivity contribution in [1.29, 1.82) is 0 Å². The van der Waals surface area contributed by atoms with Gasteiger partial charge in [-0.1, -0.05) is 0 Å². The van der Waals surface area contributed by atoms with Gasteiger partial charge in [0, 0.05) is 0 Å². The summed E-state index contributed by atoms with van der Waals surface area (Å²) in [7, 11) is -5.10. The predicted molar refractivity (Wildman–Crippen MR) is 79.5 cm³/mol. The molecule has 2 heterocycles. The van der Waals surface area contributed by atoms with E-state index in [1.54, 1.807) is 0 Å². The third-order valence-corrected chi connectivity index (χ3v) is 4.73. The molecule has 2 fully saturated rings. The van der Waals surface area contributed by atoms with Gasteiger partial charge in [-0.15, -0.1) is 0 Å². The smallest absolute Gasteiger partial charge is 0.394 e. The maximum atomic E-state index is 11.0. The van der Waals surface area contributed by atoms with E-state index in [-0.39, 0.29) is 0 Å². The monoisotopic (exact) mass is 422 g/mol. The van der Waals surface area contributed by atoms with Gasteiger partial charge in [0.15, 0.2) is 12.6 Å². The summed E-state index contributed by atoms with van der Waals surface area (Å²) in [5.41, 5.74) is 0. The minimum absolute atomic E-state index is 0.760. The van der Waals surface area contributed by atoms with Crippen molar-refractivity contribution in [3.8, 4) is 0 Å². The molecule has 2 rings (SSSR count). The lowest BCUT2D eigenvalue weighted by Crippen LogP contribution is -2.64. The first-order chi connectivity index (χ1) is 12.5. The minimum atomic E-state index is -5.10. The normalized spacial score (nSPS) is 46.4. The number of phosphoric acid groups is 1. The molecule has 0 aromatic carbocycles. The van der Waals surface area contributed by atoms with Crippen LogP contribution < -0.4 is 0 Å². The van der Waals surface area contributed by atoms with Crippen LogP contribution in [0.3, 0.4) is 0 Å². The van der Waals surface area contributed by atoms with Crippen molar-refractivity contribution in [2.75, 3.05) is 13.2 Å². The number of rotatable bonds is 6. The minimum Gasteiger partial charge on any atom is -0.394 e. The van der Waals surface area contributed by atoms with Crippen molar-refractivity contribution in [1.82, 2.24) is 0 Å². The van der Waals surface area contributed by atoms with Crippen LogP contribution in [-0.2, 0) is 23.3 Å². The molecule has 2 saturated heterocycles. The molecule has 15 heteroatoms. The van der Waals surface area contributed by atoms with Crippen LogP contribution in [-0.4, -0.2) is 120 Å². The molecule has 2 aliphatic rings. The Morgan fingerprint density at radius 2 is 1.30 bits per heavy atom. The highest BCUT2D eigenvalue weighted by Gasteiger charge is 2.51. The Kier molecular flexibility index (Phi) is 7.68. The third kappa shape index (κ3) is 5.20. The largest absolute Gasteiger partial charge is 0.470 e. The molecule has 9 N–H and O–H groups in total. The number of hydrogen-bond donors (Lipinski definition) is 9. The maximum Gasteiger partial charge on any atom is 0.470 e. The van der Waals surface area contributed by atoms with Gasteiger partial charge in [0.05, 0.1) is 13.2 Å². The van der Waals surface area contributed by atoms with Crippen LogP contribution in [0.4, 0.5) is 0 Å². The highest BCUT2D eigenvalue weighted by molar-refractivity contribution is 7.46. The van der Waals surface area contributed by atoms with Gasteiger partial charge in [0.25, 0.3) is 0 Å². The van der Waals surface area contributed by atoms with Gasteiger partial charge in [0.2, 0.25) is 0 Å². The van der Waals surface area contributed by atoms with Crippen LogP contribution in [0.2, 0.25) is 0 Å². The molecular weight excluding hydrogens is 399 g/mol. The van der Waals surface area contributed by atoms with E-state index in [0.717, 1.165) is 0 Å². The molecule has 160 valence electrons.